The van der Waals surface area contributed by atoms with E-state index in [1.807, 2.05) is 54.1 Å². The van der Waals surface area contributed by atoms with E-state index in [4.69, 9.17) is 16.6 Å². The molecule has 1 atom stereocenters. The van der Waals surface area contributed by atoms with Crippen LogP contribution in [0.25, 0.3) is 28.1 Å². The summed E-state index contributed by atoms with van der Waals surface area (Å²) in [5.41, 5.74) is 5.23. The van der Waals surface area contributed by atoms with E-state index in [9.17, 15) is 9.90 Å². The van der Waals surface area contributed by atoms with Gasteiger partial charge in [0.25, 0.3) is 5.56 Å². The van der Waals surface area contributed by atoms with Crippen molar-refractivity contribution in [3.8, 4) is 17.1 Å². The summed E-state index contributed by atoms with van der Waals surface area (Å²) in [5, 5.41) is 14.0. The van der Waals surface area contributed by atoms with Crippen LogP contribution >= 0.6 is 11.6 Å². The summed E-state index contributed by atoms with van der Waals surface area (Å²) < 4.78 is 1.91. The van der Waals surface area contributed by atoms with Crippen molar-refractivity contribution >= 4 is 28.3 Å². The standard InChI is InChI=1S/C25H23ClN6O2/c1-15-10-19(32-9-8-27-14-32)12-21-23(15)31-24(30-21)22-20(6-7-28-25(22)34)29-18(13-33)11-16-2-4-17(26)5-3-16/h2-10,12,14,18,33H,11,13H2,1H3,(H,30,31)(H2,28,29,34)/t18-/m1/s1. The van der Waals surface area contributed by atoms with Gasteiger partial charge in [0.15, 0.2) is 0 Å². The van der Waals surface area contributed by atoms with Crippen LogP contribution in [0.2, 0.25) is 5.02 Å². The Morgan fingerprint density at radius 3 is 2.76 bits per heavy atom. The van der Waals surface area contributed by atoms with Crippen LogP contribution in [-0.4, -0.2) is 42.3 Å². The van der Waals surface area contributed by atoms with Crippen molar-refractivity contribution in [2.45, 2.75) is 19.4 Å². The Kier molecular flexibility index (Phi) is 5.91. The molecule has 0 saturated heterocycles. The first-order valence-corrected chi connectivity index (χ1v) is 11.2. The quantitative estimate of drug-likeness (QED) is 0.284. The Balaban J connectivity index is 1.51. The van der Waals surface area contributed by atoms with Gasteiger partial charge in [-0.15, -0.1) is 0 Å². The minimum atomic E-state index is -0.305. The van der Waals surface area contributed by atoms with Gasteiger partial charge >= 0.3 is 0 Å². The number of nitrogens with zero attached hydrogens (tertiary/aromatic N) is 3. The summed E-state index contributed by atoms with van der Waals surface area (Å²) in [7, 11) is 0. The number of aliphatic hydroxyl groups excluding tert-OH is 1. The number of aliphatic hydroxyl groups is 1. The number of pyridine rings is 1. The average molecular weight is 475 g/mol. The highest BCUT2D eigenvalue weighted by molar-refractivity contribution is 6.30. The second kappa shape index (κ2) is 9.17. The number of nitrogens with one attached hydrogen (secondary N) is 3. The largest absolute Gasteiger partial charge is 0.394 e. The van der Waals surface area contributed by atoms with Crippen molar-refractivity contribution < 1.29 is 5.11 Å². The first-order valence-electron chi connectivity index (χ1n) is 10.8. The fourth-order valence-electron chi connectivity index (χ4n) is 4.07. The van der Waals surface area contributed by atoms with Crippen LogP contribution < -0.4 is 10.9 Å². The fraction of sp³-hybridized carbons (Fsp3) is 0.160. The van der Waals surface area contributed by atoms with Crippen molar-refractivity contribution in [2.24, 2.45) is 0 Å². The maximum atomic E-state index is 12.9. The molecule has 5 rings (SSSR count). The summed E-state index contributed by atoms with van der Waals surface area (Å²) in [4.78, 5) is 27.8. The molecule has 0 aliphatic heterocycles. The number of fused-ring (bicyclic) bond motifs is 1. The van der Waals surface area contributed by atoms with Gasteiger partial charge in [0.2, 0.25) is 0 Å². The Morgan fingerprint density at radius 2 is 2.03 bits per heavy atom. The Labute approximate surface area is 200 Å². The highest BCUT2D eigenvalue weighted by atomic mass is 35.5. The monoisotopic (exact) mass is 474 g/mol. The predicted molar refractivity (Wildman–Crippen MR) is 134 cm³/mol. The average Bonchev–Trinajstić information content (AvgIpc) is 3.50. The van der Waals surface area contributed by atoms with Crippen LogP contribution in [0.1, 0.15) is 11.1 Å². The summed E-state index contributed by atoms with van der Waals surface area (Å²) in [6.45, 7) is 1.87. The molecule has 0 aliphatic carbocycles. The highest BCUT2D eigenvalue weighted by Crippen LogP contribution is 2.28. The van der Waals surface area contributed by atoms with Gasteiger partial charge in [0, 0.05) is 29.3 Å². The molecular formula is C25H23ClN6O2. The van der Waals surface area contributed by atoms with Gasteiger partial charge in [-0.05, 0) is 54.8 Å². The number of benzene rings is 2. The second-order valence-electron chi connectivity index (χ2n) is 8.16. The Hall–Kier alpha value is -3.88. The minimum absolute atomic E-state index is 0.109. The summed E-state index contributed by atoms with van der Waals surface area (Å²) in [6.07, 6.45) is 7.47. The smallest absolute Gasteiger partial charge is 0.261 e. The van der Waals surface area contributed by atoms with Gasteiger partial charge in [-0.3, -0.25) is 4.79 Å². The van der Waals surface area contributed by atoms with Crippen LogP contribution in [0.4, 0.5) is 5.69 Å². The van der Waals surface area contributed by atoms with E-state index in [1.165, 1.54) is 0 Å². The minimum Gasteiger partial charge on any atom is -0.394 e. The van der Waals surface area contributed by atoms with Crippen LogP contribution in [0.3, 0.4) is 0 Å². The number of aromatic nitrogens is 5. The first kappa shape index (κ1) is 21.9. The molecule has 4 N–H and O–H groups in total. The molecule has 0 amide bonds. The van der Waals surface area contributed by atoms with E-state index < -0.39 is 0 Å². The highest BCUT2D eigenvalue weighted by Gasteiger charge is 2.18. The number of aromatic amines is 2. The van der Waals surface area contributed by atoms with Crippen molar-refractivity contribution in [2.75, 3.05) is 11.9 Å². The molecule has 0 spiro atoms. The molecule has 0 saturated carbocycles. The Morgan fingerprint density at radius 1 is 1.21 bits per heavy atom. The predicted octanol–water partition coefficient (Wildman–Crippen LogP) is 4.08. The molecule has 0 unspecified atom stereocenters. The van der Waals surface area contributed by atoms with Crippen molar-refractivity contribution in [1.29, 1.82) is 0 Å². The molecular weight excluding hydrogens is 452 g/mol. The number of hydrogen-bond acceptors (Lipinski definition) is 5. The van der Waals surface area contributed by atoms with Crippen molar-refractivity contribution in [3.63, 3.8) is 0 Å². The molecule has 9 heteroatoms. The third-order valence-corrected chi connectivity index (χ3v) is 5.99. The van der Waals surface area contributed by atoms with E-state index in [1.54, 1.807) is 24.8 Å². The van der Waals surface area contributed by atoms with E-state index in [-0.39, 0.29) is 18.2 Å². The van der Waals surface area contributed by atoms with Gasteiger partial charge in [0.05, 0.1) is 35.7 Å². The normalized spacial score (nSPS) is 12.2. The maximum Gasteiger partial charge on any atom is 0.261 e. The molecule has 3 aromatic heterocycles. The molecule has 0 fully saturated rings. The third kappa shape index (κ3) is 4.33. The lowest BCUT2D eigenvalue weighted by molar-refractivity contribution is 0.274. The molecule has 0 bridgehead atoms. The zero-order valence-corrected chi connectivity index (χ0v) is 19.2. The lowest BCUT2D eigenvalue weighted by atomic mass is 10.1. The lowest BCUT2D eigenvalue weighted by Gasteiger charge is -2.19. The summed E-state index contributed by atoms with van der Waals surface area (Å²) in [6, 6.07) is 13.0. The Bertz CT molecular complexity index is 1490. The fourth-order valence-corrected chi connectivity index (χ4v) is 4.20. The zero-order chi connectivity index (χ0) is 23.7. The number of halogens is 1. The molecule has 0 aliphatic rings. The molecule has 172 valence electrons. The maximum absolute atomic E-state index is 12.9. The number of H-pyrrole nitrogens is 2. The molecule has 5 aromatic rings. The zero-order valence-electron chi connectivity index (χ0n) is 18.4. The third-order valence-electron chi connectivity index (χ3n) is 5.74. The van der Waals surface area contributed by atoms with Crippen molar-refractivity contribution in [1.82, 2.24) is 24.5 Å². The molecule has 3 heterocycles. The number of imidazole rings is 2. The second-order valence-corrected chi connectivity index (χ2v) is 8.60. The SMILES string of the molecule is Cc1cc(-n2ccnc2)cc2[nH]c(-c3c(N[C@@H](CO)Cc4ccc(Cl)cc4)cc[nH]c3=O)nc12. The van der Waals surface area contributed by atoms with E-state index >= 15 is 0 Å². The van der Waals surface area contributed by atoms with E-state index in [2.05, 4.69) is 20.3 Å². The van der Waals surface area contributed by atoms with Crippen LogP contribution in [-0.2, 0) is 6.42 Å². The first-order chi connectivity index (χ1) is 16.5. The van der Waals surface area contributed by atoms with Crippen molar-refractivity contribution in [3.05, 3.63) is 93.9 Å². The van der Waals surface area contributed by atoms with Crippen LogP contribution in [0.15, 0.2) is 72.2 Å². The van der Waals surface area contributed by atoms with E-state index in [0.717, 1.165) is 27.8 Å². The topological polar surface area (TPSA) is 112 Å². The molecule has 2 aromatic carbocycles. The molecule has 0 radical (unpaired) electrons. The molecule has 8 nitrogen and oxygen atoms in total. The van der Waals surface area contributed by atoms with E-state index in [0.29, 0.717) is 28.5 Å². The van der Waals surface area contributed by atoms with Gasteiger partial charge < -0.3 is 25.0 Å². The van der Waals surface area contributed by atoms with Gasteiger partial charge in [-0.25, -0.2) is 9.97 Å². The number of anilines is 1. The summed E-state index contributed by atoms with van der Waals surface area (Å²) in [5.74, 6) is 0.452. The van der Waals surface area contributed by atoms with Gasteiger partial charge in [-0.2, -0.15) is 0 Å². The van der Waals surface area contributed by atoms with Crippen LogP contribution in [0.5, 0.6) is 0 Å². The number of aryl methyl sites for hydroxylation is 1. The molecule has 34 heavy (non-hydrogen) atoms. The lowest BCUT2D eigenvalue weighted by Crippen LogP contribution is -2.28. The van der Waals surface area contributed by atoms with Gasteiger partial charge in [0.1, 0.15) is 11.4 Å². The summed E-state index contributed by atoms with van der Waals surface area (Å²) >= 11 is 5.98. The van der Waals surface area contributed by atoms with Crippen LogP contribution in [0, 0.1) is 6.92 Å². The number of rotatable bonds is 7. The van der Waals surface area contributed by atoms with Gasteiger partial charge in [-0.1, -0.05) is 23.7 Å². The number of hydrogen-bond donors (Lipinski definition) is 4.